The number of H-pyrrole nitrogens is 1. The van der Waals surface area contributed by atoms with E-state index in [1.54, 1.807) is 16.8 Å². The van der Waals surface area contributed by atoms with Gasteiger partial charge < -0.3 is 20.1 Å². The zero-order chi connectivity index (χ0) is 19.5. The van der Waals surface area contributed by atoms with E-state index in [2.05, 4.69) is 16.4 Å². The van der Waals surface area contributed by atoms with Crippen molar-refractivity contribution in [1.82, 2.24) is 15.2 Å². The predicted molar refractivity (Wildman–Crippen MR) is 108 cm³/mol. The van der Waals surface area contributed by atoms with Crippen LogP contribution in [-0.2, 0) is 16.8 Å². The van der Waals surface area contributed by atoms with Crippen molar-refractivity contribution in [3.8, 4) is 0 Å². The van der Waals surface area contributed by atoms with Gasteiger partial charge in [-0.3, -0.25) is 4.79 Å². The summed E-state index contributed by atoms with van der Waals surface area (Å²) in [5.74, 6) is -0.104. The van der Waals surface area contributed by atoms with Gasteiger partial charge in [0.2, 0.25) is 0 Å². The lowest BCUT2D eigenvalue weighted by atomic mass is 9.80. The van der Waals surface area contributed by atoms with Crippen molar-refractivity contribution in [2.75, 3.05) is 25.0 Å². The van der Waals surface area contributed by atoms with Gasteiger partial charge in [0, 0.05) is 42.3 Å². The number of aromatic nitrogens is 1. The Morgan fingerprint density at radius 3 is 2.75 bits per heavy atom. The van der Waals surface area contributed by atoms with E-state index in [1.165, 1.54) is 0 Å². The van der Waals surface area contributed by atoms with Crippen LogP contribution in [0.3, 0.4) is 0 Å². The second-order valence-electron chi connectivity index (χ2n) is 7.35. The molecule has 0 unspecified atom stereocenters. The molecule has 0 fully saturated rings. The molecule has 1 atom stereocenters. The number of likely N-dealkylation sites (N-methyl/N-ethyl adjacent to an activating group) is 1. The number of urea groups is 1. The van der Waals surface area contributed by atoms with Gasteiger partial charge >= 0.3 is 6.03 Å². The third-order valence-corrected chi connectivity index (χ3v) is 6.01. The summed E-state index contributed by atoms with van der Waals surface area (Å²) in [4.78, 5) is 33.7. The maximum atomic E-state index is 13.8. The minimum atomic E-state index is -1.17. The van der Waals surface area contributed by atoms with E-state index in [-0.39, 0.29) is 11.9 Å². The third-order valence-electron chi connectivity index (χ3n) is 6.01. The van der Waals surface area contributed by atoms with Gasteiger partial charge in [0.05, 0.1) is 5.69 Å². The SMILES string of the molecule is CCNC(=O)N1CCc2c([nH]c3ccccc23)[C@@]12C(=O)N(C)c1ccccc12. The number of amides is 3. The second kappa shape index (κ2) is 5.86. The summed E-state index contributed by atoms with van der Waals surface area (Å²) < 4.78 is 0. The second-order valence-corrected chi connectivity index (χ2v) is 7.35. The van der Waals surface area contributed by atoms with Crippen molar-refractivity contribution >= 4 is 28.5 Å². The molecule has 142 valence electrons. The maximum absolute atomic E-state index is 13.8. The average molecular weight is 374 g/mol. The molecule has 0 radical (unpaired) electrons. The van der Waals surface area contributed by atoms with Crippen LogP contribution >= 0.6 is 0 Å². The van der Waals surface area contributed by atoms with Crippen molar-refractivity contribution in [3.05, 3.63) is 65.4 Å². The minimum absolute atomic E-state index is 0.104. The molecule has 1 spiro atoms. The molecule has 6 heteroatoms. The Morgan fingerprint density at radius 1 is 1.18 bits per heavy atom. The molecular formula is C22H22N4O2. The zero-order valence-corrected chi connectivity index (χ0v) is 16.0. The number of nitrogens with zero attached hydrogens (tertiary/aromatic N) is 2. The van der Waals surface area contributed by atoms with Crippen molar-refractivity contribution in [3.63, 3.8) is 0 Å². The lowest BCUT2D eigenvalue weighted by molar-refractivity contribution is -0.126. The highest BCUT2D eigenvalue weighted by Crippen LogP contribution is 2.51. The first-order chi connectivity index (χ1) is 13.6. The molecule has 2 aliphatic heterocycles. The summed E-state index contributed by atoms with van der Waals surface area (Å²) in [6.07, 6.45) is 0.706. The number of para-hydroxylation sites is 2. The van der Waals surface area contributed by atoms with E-state index >= 15 is 0 Å². The summed E-state index contributed by atoms with van der Waals surface area (Å²) in [5, 5.41) is 4.02. The van der Waals surface area contributed by atoms with Gasteiger partial charge in [0.1, 0.15) is 0 Å². The fraction of sp³-hybridized carbons (Fsp3) is 0.273. The topological polar surface area (TPSA) is 68.4 Å². The largest absolute Gasteiger partial charge is 0.355 e. The van der Waals surface area contributed by atoms with Crippen LogP contribution in [0.1, 0.15) is 23.7 Å². The van der Waals surface area contributed by atoms with E-state index in [0.29, 0.717) is 19.5 Å². The smallest absolute Gasteiger partial charge is 0.318 e. The van der Waals surface area contributed by atoms with Crippen molar-refractivity contribution in [2.24, 2.45) is 0 Å². The molecule has 2 aliphatic rings. The van der Waals surface area contributed by atoms with Gasteiger partial charge in [-0.15, -0.1) is 0 Å². The van der Waals surface area contributed by atoms with Crippen LogP contribution in [0.15, 0.2) is 48.5 Å². The first-order valence-electron chi connectivity index (χ1n) is 9.64. The number of rotatable bonds is 1. The molecule has 5 rings (SSSR count). The minimum Gasteiger partial charge on any atom is -0.355 e. The van der Waals surface area contributed by atoms with E-state index in [9.17, 15) is 9.59 Å². The molecule has 2 N–H and O–H groups in total. The van der Waals surface area contributed by atoms with Gasteiger partial charge in [0.25, 0.3) is 5.91 Å². The van der Waals surface area contributed by atoms with Crippen molar-refractivity contribution in [1.29, 1.82) is 0 Å². The van der Waals surface area contributed by atoms with E-state index < -0.39 is 5.54 Å². The number of aromatic amines is 1. The summed E-state index contributed by atoms with van der Waals surface area (Å²) >= 11 is 0. The lowest BCUT2D eigenvalue weighted by Gasteiger charge is -2.43. The van der Waals surface area contributed by atoms with Gasteiger partial charge in [-0.1, -0.05) is 36.4 Å². The molecule has 0 bridgehead atoms. The average Bonchev–Trinajstić information content (AvgIpc) is 3.20. The molecule has 3 heterocycles. The molecule has 28 heavy (non-hydrogen) atoms. The summed E-state index contributed by atoms with van der Waals surface area (Å²) in [6.45, 7) is 2.88. The molecule has 1 aromatic heterocycles. The van der Waals surface area contributed by atoms with E-state index in [1.807, 2.05) is 49.4 Å². The van der Waals surface area contributed by atoms with E-state index in [4.69, 9.17) is 0 Å². The summed E-state index contributed by atoms with van der Waals surface area (Å²) in [5.41, 5.74) is 3.44. The van der Waals surface area contributed by atoms with Crippen molar-refractivity contribution < 1.29 is 9.59 Å². The predicted octanol–water partition coefficient (Wildman–Crippen LogP) is 2.98. The lowest BCUT2D eigenvalue weighted by Crippen LogP contribution is -2.61. The molecule has 0 aliphatic carbocycles. The molecule has 2 aromatic carbocycles. The Labute approximate surface area is 163 Å². The molecule has 3 aromatic rings. The van der Waals surface area contributed by atoms with Crippen LogP contribution in [0.25, 0.3) is 10.9 Å². The fourth-order valence-corrected chi connectivity index (χ4v) is 4.84. The standard InChI is InChI=1S/C22H22N4O2/c1-3-23-21(28)26-13-12-15-14-8-4-6-10-17(14)24-19(15)22(26)16-9-5-7-11-18(16)25(2)20(22)27/h4-11,24H,3,12-13H2,1-2H3,(H,23,28)/t22-/m0/s1. The van der Waals surface area contributed by atoms with Gasteiger partial charge in [-0.2, -0.15) is 0 Å². The Balaban J connectivity index is 1.86. The Hall–Kier alpha value is -3.28. The maximum Gasteiger partial charge on any atom is 0.318 e. The molecule has 0 saturated heterocycles. The Kier molecular flexibility index (Phi) is 3.53. The van der Waals surface area contributed by atoms with Crippen LogP contribution in [0, 0.1) is 0 Å². The Bertz CT molecular complexity index is 1120. The zero-order valence-electron chi connectivity index (χ0n) is 16.0. The quantitative estimate of drug-likeness (QED) is 0.688. The molecule has 3 amide bonds. The normalized spacial score (nSPS) is 20.6. The highest BCUT2D eigenvalue weighted by molar-refractivity contribution is 6.12. The number of nitrogens with one attached hydrogen (secondary N) is 2. The highest BCUT2D eigenvalue weighted by atomic mass is 16.2. The monoisotopic (exact) mass is 374 g/mol. The fourth-order valence-electron chi connectivity index (χ4n) is 4.84. The summed E-state index contributed by atoms with van der Waals surface area (Å²) in [7, 11) is 1.78. The van der Waals surface area contributed by atoms with Crippen LogP contribution in [0.2, 0.25) is 0 Å². The van der Waals surface area contributed by atoms with E-state index in [0.717, 1.165) is 33.4 Å². The third kappa shape index (κ3) is 1.92. The Morgan fingerprint density at radius 2 is 1.93 bits per heavy atom. The first kappa shape index (κ1) is 16.9. The molecule has 6 nitrogen and oxygen atoms in total. The number of benzene rings is 2. The van der Waals surface area contributed by atoms with Crippen LogP contribution < -0.4 is 10.2 Å². The highest BCUT2D eigenvalue weighted by Gasteiger charge is 2.60. The van der Waals surface area contributed by atoms with Crippen LogP contribution in [-0.4, -0.2) is 42.0 Å². The molecular weight excluding hydrogens is 352 g/mol. The number of carbonyl (C=O) groups is 2. The number of hydrogen-bond donors (Lipinski definition) is 2. The van der Waals surface area contributed by atoms with Gasteiger partial charge in [-0.05, 0) is 31.0 Å². The number of fused-ring (bicyclic) bond motifs is 6. The number of anilines is 1. The first-order valence-corrected chi connectivity index (χ1v) is 9.64. The van der Waals surface area contributed by atoms with Crippen LogP contribution in [0.4, 0.5) is 10.5 Å². The van der Waals surface area contributed by atoms with Gasteiger partial charge in [-0.25, -0.2) is 4.79 Å². The van der Waals surface area contributed by atoms with Crippen molar-refractivity contribution in [2.45, 2.75) is 18.9 Å². The molecule has 0 saturated carbocycles. The number of carbonyl (C=O) groups excluding carboxylic acids is 2. The summed E-state index contributed by atoms with van der Waals surface area (Å²) in [6, 6.07) is 15.6. The van der Waals surface area contributed by atoms with Gasteiger partial charge in [0.15, 0.2) is 5.54 Å². The number of hydrogen-bond acceptors (Lipinski definition) is 2. The van der Waals surface area contributed by atoms with Crippen LogP contribution in [0.5, 0.6) is 0 Å².